The van der Waals surface area contributed by atoms with E-state index in [9.17, 15) is 0 Å². The first-order valence-electron chi connectivity index (χ1n) is 8.24. The topological polar surface area (TPSA) is 56.9 Å². The third kappa shape index (κ3) is 4.02. The number of imidazole rings is 1. The summed E-state index contributed by atoms with van der Waals surface area (Å²) < 4.78 is 11.2. The van der Waals surface area contributed by atoms with Crippen LogP contribution in [0.5, 0.6) is 0 Å². The van der Waals surface area contributed by atoms with Gasteiger partial charge in [0.1, 0.15) is 11.9 Å². The minimum Gasteiger partial charge on any atom is -0.369 e. The molecule has 126 valence electrons. The fourth-order valence-corrected chi connectivity index (χ4v) is 3.52. The molecule has 0 aromatic carbocycles. The zero-order chi connectivity index (χ0) is 16.2. The predicted molar refractivity (Wildman–Crippen MR) is 92.1 cm³/mol. The molecule has 3 heterocycles. The maximum Gasteiger partial charge on any atom is 0.139 e. The first-order valence-corrected chi connectivity index (χ1v) is 9.03. The van der Waals surface area contributed by atoms with Crippen molar-refractivity contribution in [2.45, 2.75) is 58.0 Å². The van der Waals surface area contributed by atoms with Gasteiger partial charge in [-0.3, -0.25) is 4.68 Å². The number of nitrogens with one attached hydrogen (secondary N) is 1. The fourth-order valence-electron chi connectivity index (χ4n) is 3.19. The van der Waals surface area contributed by atoms with E-state index in [0.717, 1.165) is 42.8 Å². The Labute approximate surface area is 145 Å². The fraction of sp³-hybridized carbons (Fsp3) is 0.625. The Kier molecular flexibility index (Phi) is 5.50. The summed E-state index contributed by atoms with van der Waals surface area (Å²) in [4.78, 5) is 4.53. The van der Waals surface area contributed by atoms with Crippen molar-refractivity contribution in [2.24, 2.45) is 0 Å². The van der Waals surface area contributed by atoms with Gasteiger partial charge in [-0.25, -0.2) is 4.98 Å². The Morgan fingerprint density at radius 3 is 3.13 bits per heavy atom. The second-order valence-electron chi connectivity index (χ2n) is 6.06. The number of ether oxygens (including phenoxy) is 1. The average molecular weight is 382 g/mol. The summed E-state index contributed by atoms with van der Waals surface area (Å²) in [6.07, 6.45) is 9.91. The highest BCUT2D eigenvalue weighted by atomic mass is 79.9. The molecule has 2 aromatic heterocycles. The molecular formula is C16H24BrN5O. The molecular weight excluding hydrogens is 358 g/mol. The SMILES string of the molecule is CCn1ccnc1[C@H]1OCCC[C@@H]1N[C@@H](C)Cn1cc(Br)cn1. The van der Waals surface area contributed by atoms with Crippen LogP contribution < -0.4 is 5.32 Å². The van der Waals surface area contributed by atoms with Gasteiger partial charge in [0, 0.05) is 43.8 Å². The maximum absolute atomic E-state index is 6.06. The van der Waals surface area contributed by atoms with E-state index in [1.54, 1.807) is 0 Å². The average Bonchev–Trinajstić information content (AvgIpc) is 3.16. The van der Waals surface area contributed by atoms with E-state index in [1.807, 2.05) is 29.5 Å². The summed E-state index contributed by atoms with van der Waals surface area (Å²) in [5.41, 5.74) is 0. The van der Waals surface area contributed by atoms with Crippen LogP contribution in [-0.2, 0) is 17.8 Å². The van der Waals surface area contributed by atoms with Crippen molar-refractivity contribution < 1.29 is 4.74 Å². The molecule has 7 heteroatoms. The van der Waals surface area contributed by atoms with Gasteiger partial charge in [-0.15, -0.1) is 0 Å². The highest BCUT2D eigenvalue weighted by molar-refractivity contribution is 9.10. The van der Waals surface area contributed by atoms with Crippen LogP contribution in [0, 0.1) is 0 Å². The Bertz CT molecular complexity index is 626. The number of nitrogens with zero attached hydrogens (tertiary/aromatic N) is 4. The smallest absolute Gasteiger partial charge is 0.139 e. The molecule has 3 rings (SSSR count). The lowest BCUT2D eigenvalue weighted by Crippen LogP contribution is -2.46. The summed E-state index contributed by atoms with van der Waals surface area (Å²) in [5, 5.41) is 8.04. The van der Waals surface area contributed by atoms with Crippen LogP contribution in [0.2, 0.25) is 0 Å². The first-order chi connectivity index (χ1) is 11.2. The van der Waals surface area contributed by atoms with Crippen molar-refractivity contribution in [3.63, 3.8) is 0 Å². The van der Waals surface area contributed by atoms with Crippen LogP contribution in [0.15, 0.2) is 29.3 Å². The Balaban J connectivity index is 1.66. The van der Waals surface area contributed by atoms with E-state index < -0.39 is 0 Å². The lowest BCUT2D eigenvalue weighted by Gasteiger charge is -2.34. The van der Waals surface area contributed by atoms with Gasteiger partial charge in [0.25, 0.3) is 0 Å². The summed E-state index contributed by atoms with van der Waals surface area (Å²) in [7, 11) is 0. The lowest BCUT2D eigenvalue weighted by molar-refractivity contribution is -0.0208. The van der Waals surface area contributed by atoms with Crippen LogP contribution in [0.4, 0.5) is 0 Å². The molecule has 1 aliphatic rings. The van der Waals surface area contributed by atoms with Gasteiger partial charge in [0.15, 0.2) is 0 Å². The predicted octanol–water partition coefficient (Wildman–Crippen LogP) is 2.76. The minimum atomic E-state index is 0.0190. The number of hydrogen-bond acceptors (Lipinski definition) is 4. The highest BCUT2D eigenvalue weighted by Crippen LogP contribution is 2.28. The van der Waals surface area contributed by atoms with Crippen molar-refractivity contribution >= 4 is 15.9 Å². The maximum atomic E-state index is 6.06. The van der Waals surface area contributed by atoms with E-state index >= 15 is 0 Å². The van der Waals surface area contributed by atoms with Gasteiger partial charge in [-0.05, 0) is 42.6 Å². The van der Waals surface area contributed by atoms with Crippen LogP contribution in [0.3, 0.4) is 0 Å². The molecule has 1 N–H and O–H groups in total. The van der Waals surface area contributed by atoms with Crippen molar-refractivity contribution in [3.05, 3.63) is 35.1 Å². The molecule has 23 heavy (non-hydrogen) atoms. The molecule has 0 unspecified atom stereocenters. The number of halogens is 1. The van der Waals surface area contributed by atoms with Crippen LogP contribution in [-0.4, -0.2) is 38.0 Å². The van der Waals surface area contributed by atoms with Crippen molar-refractivity contribution in [2.75, 3.05) is 6.61 Å². The molecule has 2 aromatic rings. The Morgan fingerprint density at radius 2 is 2.39 bits per heavy atom. The number of rotatable bonds is 6. The van der Waals surface area contributed by atoms with E-state index in [-0.39, 0.29) is 12.1 Å². The minimum absolute atomic E-state index is 0.0190. The van der Waals surface area contributed by atoms with Crippen molar-refractivity contribution in [3.8, 4) is 0 Å². The third-order valence-electron chi connectivity index (χ3n) is 4.23. The normalized spacial score (nSPS) is 23.1. The van der Waals surface area contributed by atoms with Crippen LogP contribution in [0.25, 0.3) is 0 Å². The van der Waals surface area contributed by atoms with Crippen molar-refractivity contribution in [1.29, 1.82) is 0 Å². The summed E-state index contributed by atoms with van der Waals surface area (Å²) in [6, 6.07) is 0.589. The van der Waals surface area contributed by atoms with Crippen molar-refractivity contribution in [1.82, 2.24) is 24.6 Å². The molecule has 1 fully saturated rings. The highest BCUT2D eigenvalue weighted by Gasteiger charge is 2.31. The third-order valence-corrected chi connectivity index (χ3v) is 4.64. The summed E-state index contributed by atoms with van der Waals surface area (Å²) >= 11 is 3.44. The van der Waals surface area contributed by atoms with E-state index in [0.29, 0.717) is 6.04 Å². The number of aryl methyl sites for hydroxylation is 1. The second-order valence-corrected chi connectivity index (χ2v) is 6.98. The van der Waals surface area contributed by atoms with Gasteiger partial charge in [0.05, 0.1) is 17.2 Å². The molecule has 0 aliphatic carbocycles. The molecule has 3 atom stereocenters. The largest absolute Gasteiger partial charge is 0.369 e. The summed E-state index contributed by atoms with van der Waals surface area (Å²) in [5.74, 6) is 1.03. The lowest BCUT2D eigenvalue weighted by atomic mass is 10.0. The van der Waals surface area contributed by atoms with Gasteiger partial charge in [-0.1, -0.05) is 0 Å². The zero-order valence-corrected chi connectivity index (χ0v) is 15.2. The molecule has 1 aliphatic heterocycles. The Hall–Kier alpha value is -1.18. The van der Waals surface area contributed by atoms with Gasteiger partial charge < -0.3 is 14.6 Å². The van der Waals surface area contributed by atoms with Gasteiger partial charge in [-0.2, -0.15) is 5.10 Å². The van der Waals surface area contributed by atoms with Gasteiger partial charge >= 0.3 is 0 Å². The molecule has 6 nitrogen and oxygen atoms in total. The molecule has 0 saturated carbocycles. The van der Waals surface area contributed by atoms with Crippen LogP contribution in [0.1, 0.15) is 38.6 Å². The first kappa shape index (κ1) is 16.7. The molecule has 1 saturated heterocycles. The zero-order valence-electron chi connectivity index (χ0n) is 13.7. The molecule has 0 bridgehead atoms. The monoisotopic (exact) mass is 381 g/mol. The molecule has 0 spiro atoms. The van der Waals surface area contributed by atoms with E-state index in [1.165, 1.54) is 0 Å². The second kappa shape index (κ2) is 7.59. The molecule has 0 amide bonds. The number of hydrogen-bond donors (Lipinski definition) is 1. The summed E-state index contributed by atoms with van der Waals surface area (Å²) in [6.45, 7) is 6.87. The Morgan fingerprint density at radius 1 is 1.52 bits per heavy atom. The standard InChI is InChI=1S/C16H24BrN5O/c1-3-21-7-6-18-16(21)15-14(5-4-8-23-15)20-12(2)10-22-11-13(17)9-19-22/h6-7,9,11-12,14-15,20H,3-5,8,10H2,1-2H3/t12-,14-,15-/m0/s1. The number of aromatic nitrogens is 4. The van der Waals surface area contributed by atoms with E-state index in [2.05, 4.69) is 49.7 Å². The quantitative estimate of drug-likeness (QED) is 0.835. The molecule has 0 radical (unpaired) electrons. The van der Waals surface area contributed by atoms with E-state index in [4.69, 9.17) is 4.74 Å². The van der Waals surface area contributed by atoms with Crippen LogP contribution >= 0.6 is 15.9 Å². The van der Waals surface area contributed by atoms with Gasteiger partial charge in [0.2, 0.25) is 0 Å².